The number of nitrogens with zero attached hydrogens (tertiary/aromatic N) is 1. The van der Waals surface area contributed by atoms with Crippen molar-refractivity contribution in [3.05, 3.63) is 145 Å². The number of fused-ring (bicyclic) bond motifs is 5. The molecule has 0 aliphatic heterocycles. The molecule has 0 fully saturated rings. The third-order valence-corrected chi connectivity index (χ3v) is 8.52. The number of aromatic nitrogens is 1. The molecule has 0 spiro atoms. The van der Waals surface area contributed by atoms with Gasteiger partial charge in [0.15, 0.2) is 0 Å². The van der Waals surface area contributed by atoms with Gasteiger partial charge in [0.1, 0.15) is 0 Å². The Morgan fingerprint density at radius 3 is 2.23 bits per heavy atom. The van der Waals surface area contributed by atoms with Gasteiger partial charge >= 0.3 is 0 Å². The highest BCUT2D eigenvalue weighted by Gasteiger charge is 2.37. The van der Waals surface area contributed by atoms with Crippen LogP contribution in [-0.4, -0.2) is 4.57 Å². The summed E-state index contributed by atoms with van der Waals surface area (Å²) in [6.07, 6.45) is 6.32. The van der Waals surface area contributed by atoms with E-state index in [1.807, 2.05) is 6.08 Å². The number of rotatable bonds is 3. The second-order valence-electron chi connectivity index (χ2n) is 11.0. The van der Waals surface area contributed by atoms with Crippen molar-refractivity contribution in [2.24, 2.45) is 0 Å². The van der Waals surface area contributed by atoms with Crippen LogP contribution in [0.2, 0.25) is 0 Å². The Hall–Kier alpha value is -4.62. The Kier molecular flexibility index (Phi) is 5.25. The maximum absolute atomic E-state index is 3.98. The van der Waals surface area contributed by atoms with Crippen LogP contribution in [0.5, 0.6) is 0 Å². The van der Waals surface area contributed by atoms with Crippen molar-refractivity contribution in [1.82, 2.24) is 4.57 Å². The van der Waals surface area contributed by atoms with Crippen LogP contribution in [0.25, 0.3) is 55.0 Å². The van der Waals surface area contributed by atoms with Crippen LogP contribution < -0.4 is 0 Å². The highest BCUT2D eigenvalue weighted by Crippen LogP contribution is 2.50. The van der Waals surface area contributed by atoms with Gasteiger partial charge in [-0.25, -0.2) is 0 Å². The van der Waals surface area contributed by atoms with Crippen molar-refractivity contribution < 1.29 is 0 Å². The Morgan fingerprint density at radius 1 is 0.692 bits per heavy atom. The molecule has 1 aliphatic carbocycles. The molecule has 1 aromatic heterocycles. The summed E-state index contributed by atoms with van der Waals surface area (Å²) in [6.45, 7) is 10.7. The molecule has 0 saturated heterocycles. The number of hydrogen-bond acceptors (Lipinski definition) is 0. The minimum atomic E-state index is -0.0453. The first-order valence-corrected chi connectivity index (χ1v) is 13.7. The molecule has 0 N–H and O–H groups in total. The number of allylic oxidation sites excluding steroid dienone is 5. The summed E-state index contributed by atoms with van der Waals surface area (Å²) >= 11 is 0. The van der Waals surface area contributed by atoms with Crippen molar-refractivity contribution in [3.8, 4) is 16.8 Å². The molecule has 0 atom stereocenters. The van der Waals surface area contributed by atoms with Crippen molar-refractivity contribution >= 4 is 38.2 Å². The normalized spacial score (nSPS) is 16.5. The maximum Gasteiger partial charge on any atom is 0.0547 e. The van der Waals surface area contributed by atoms with Crippen molar-refractivity contribution in [2.45, 2.75) is 26.2 Å². The summed E-state index contributed by atoms with van der Waals surface area (Å²) in [6, 6.07) is 38.0. The lowest BCUT2D eigenvalue weighted by Crippen LogP contribution is -2.14. The van der Waals surface area contributed by atoms with E-state index in [4.69, 9.17) is 0 Å². The van der Waals surface area contributed by atoms with Gasteiger partial charge in [0.05, 0.1) is 11.0 Å². The predicted molar refractivity (Wildman–Crippen MR) is 169 cm³/mol. The smallest absolute Gasteiger partial charge is 0.0547 e. The fraction of sp³-hybridized carbons (Fsp3) is 0.105. The van der Waals surface area contributed by atoms with Crippen LogP contribution in [0.1, 0.15) is 31.9 Å². The zero-order valence-corrected chi connectivity index (χ0v) is 22.7. The molecule has 5 aromatic carbocycles. The van der Waals surface area contributed by atoms with Crippen molar-refractivity contribution in [1.29, 1.82) is 0 Å². The second-order valence-corrected chi connectivity index (χ2v) is 11.0. The maximum atomic E-state index is 3.98. The van der Waals surface area contributed by atoms with Gasteiger partial charge in [0.2, 0.25) is 0 Å². The SMILES string of the molecule is C=C/C=C1\C(=C/C)c2cc(-c3ccc4c5ccccc5n(-c5ccc6ccccc6c5)c4c3)ccc2C1(C)C. The minimum absolute atomic E-state index is 0.0453. The largest absolute Gasteiger partial charge is 0.309 e. The highest BCUT2D eigenvalue weighted by molar-refractivity contribution is 6.10. The summed E-state index contributed by atoms with van der Waals surface area (Å²) in [4.78, 5) is 0. The van der Waals surface area contributed by atoms with Crippen LogP contribution in [0, 0.1) is 0 Å². The van der Waals surface area contributed by atoms with Crippen LogP contribution in [0.15, 0.2) is 134 Å². The summed E-state index contributed by atoms with van der Waals surface area (Å²) in [5, 5.41) is 5.06. The van der Waals surface area contributed by atoms with Gasteiger partial charge in [-0.15, -0.1) is 0 Å². The van der Waals surface area contributed by atoms with E-state index < -0.39 is 0 Å². The Labute approximate surface area is 230 Å². The first-order chi connectivity index (χ1) is 19.0. The summed E-state index contributed by atoms with van der Waals surface area (Å²) in [5.41, 5.74) is 11.4. The van der Waals surface area contributed by atoms with E-state index in [-0.39, 0.29) is 5.41 Å². The summed E-state index contributed by atoms with van der Waals surface area (Å²) in [5.74, 6) is 0. The molecule has 188 valence electrons. The fourth-order valence-electron chi connectivity index (χ4n) is 6.59. The zero-order chi connectivity index (χ0) is 26.7. The molecule has 7 rings (SSSR count). The van der Waals surface area contributed by atoms with E-state index in [1.165, 1.54) is 71.7 Å². The second kappa shape index (κ2) is 8.71. The van der Waals surface area contributed by atoms with E-state index in [1.54, 1.807) is 0 Å². The van der Waals surface area contributed by atoms with E-state index in [0.717, 1.165) is 0 Å². The molecule has 0 saturated carbocycles. The number of para-hydroxylation sites is 1. The van der Waals surface area contributed by atoms with Crippen LogP contribution in [0.3, 0.4) is 0 Å². The van der Waals surface area contributed by atoms with Crippen LogP contribution in [0.4, 0.5) is 0 Å². The summed E-state index contributed by atoms with van der Waals surface area (Å²) in [7, 11) is 0. The van der Waals surface area contributed by atoms with E-state index in [9.17, 15) is 0 Å². The quantitative estimate of drug-likeness (QED) is 0.227. The Balaban J connectivity index is 1.45. The van der Waals surface area contributed by atoms with Crippen molar-refractivity contribution in [2.75, 3.05) is 0 Å². The molecule has 1 nitrogen and oxygen atoms in total. The third-order valence-electron chi connectivity index (χ3n) is 8.52. The fourth-order valence-corrected chi connectivity index (χ4v) is 6.59. The average Bonchev–Trinajstić information content (AvgIpc) is 3.40. The molecule has 0 unspecified atom stereocenters. The monoisotopic (exact) mass is 501 g/mol. The van der Waals surface area contributed by atoms with E-state index in [2.05, 4.69) is 147 Å². The molecule has 1 heteroatoms. The lowest BCUT2D eigenvalue weighted by Gasteiger charge is -2.21. The van der Waals surface area contributed by atoms with Gasteiger partial charge in [-0.2, -0.15) is 0 Å². The number of benzene rings is 5. The lowest BCUT2D eigenvalue weighted by molar-refractivity contribution is 0.661. The summed E-state index contributed by atoms with van der Waals surface area (Å²) < 4.78 is 2.42. The molecule has 0 amide bonds. The molecular formula is C38H31N. The molecule has 1 heterocycles. The van der Waals surface area contributed by atoms with E-state index >= 15 is 0 Å². The van der Waals surface area contributed by atoms with Crippen LogP contribution >= 0.6 is 0 Å². The molecule has 0 bridgehead atoms. The Bertz CT molecular complexity index is 2010. The molecule has 0 radical (unpaired) electrons. The molecule has 1 aliphatic rings. The molecular weight excluding hydrogens is 470 g/mol. The van der Waals surface area contributed by atoms with Crippen molar-refractivity contribution in [3.63, 3.8) is 0 Å². The first kappa shape index (κ1) is 23.5. The average molecular weight is 502 g/mol. The van der Waals surface area contributed by atoms with Gasteiger partial charge in [-0.3, -0.25) is 0 Å². The third kappa shape index (κ3) is 3.47. The molecule has 6 aromatic rings. The lowest BCUT2D eigenvalue weighted by atomic mass is 9.82. The number of hydrogen-bond donors (Lipinski definition) is 0. The predicted octanol–water partition coefficient (Wildman–Crippen LogP) is 10.4. The molecule has 39 heavy (non-hydrogen) atoms. The van der Waals surface area contributed by atoms with Crippen LogP contribution in [-0.2, 0) is 5.41 Å². The van der Waals surface area contributed by atoms with Gasteiger partial charge in [0.25, 0.3) is 0 Å². The van der Waals surface area contributed by atoms with Gasteiger partial charge in [0, 0.05) is 21.9 Å². The first-order valence-electron chi connectivity index (χ1n) is 13.7. The van der Waals surface area contributed by atoms with E-state index in [0.29, 0.717) is 0 Å². The zero-order valence-electron chi connectivity index (χ0n) is 22.7. The van der Waals surface area contributed by atoms with Gasteiger partial charge in [-0.05, 0) is 81.4 Å². The topological polar surface area (TPSA) is 4.93 Å². The van der Waals surface area contributed by atoms with Gasteiger partial charge in [-0.1, -0.05) is 111 Å². The highest BCUT2D eigenvalue weighted by atomic mass is 15.0. The van der Waals surface area contributed by atoms with Gasteiger partial charge < -0.3 is 4.57 Å². The standard InChI is InChI=1S/C38H31N/c1-5-11-34-30(6-2)33-23-27(18-21-35(33)38(34,3)4)28-17-20-32-31-14-9-10-15-36(31)39(37(32)24-28)29-19-16-25-12-7-8-13-26(25)22-29/h5-24H,1H2,2-4H3/b30-6-,34-11+. The Morgan fingerprint density at radius 2 is 1.41 bits per heavy atom. The minimum Gasteiger partial charge on any atom is -0.309 e.